The number of hydrogen-bond acceptors (Lipinski definition) is 2. The molecule has 3 rings (SSSR count). The second-order valence-electron chi connectivity index (χ2n) is 9.28. The second kappa shape index (κ2) is 6.45. The second-order valence-corrected chi connectivity index (χ2v) is 9.28. The zero-order valence-corrected chi connectivity index (χ0v) is 16.8. The van der Waals surface area contributed by atoms with Crippen LogP contribution >= 0.6 is 0 Å². The number of rotatable bonds is 4. The van der Waals surface area contributed by atoms with E-state index in [1.54, 1.807) is 0 Å². The molecule has 0 radical (unpaired) electrons. The van der Waals surface area contributed by atoms with Gasteiger partial charge in [0.15, 0.2) is 0 Å². The Morgan fingerprint density at radius 1 is 1.32 bits per heavy atom. The standard InChI is InChI=1S/C21H32B2O2/c1-5-6-9-21(22,23)14-11-17(24)19-15-10-13(2)7-8-16(15)20(3,4)25-18(19)12-14/h10-12,15-16,24H,5-9,22-23H2,1-4H3. The van der Waals surface area contributed by atoms with Crippen LogP contribution in [-0.4, -0.2) is 26.4 Å². The van der Waals surface area contributed by atoms with Crippen molar-refractivity contribution in [3.63, 3.8) is 0 Å². The Hall–Kier alpha value is -1.31. The van der Waals surface area contributed by atoms with Crippen LogP contribution in [0.5, 0.6) is 11.5 Å². The van der Waals surface area contributed by atoms with Gasteiger partial charge >= 0.3 is 0 Å². The van der Waals surface area contributed by atoms with E-state index in [-0.39, 0.29) is 16.7 Å². The van der Waals surface area contributed by atoms with Gasteiger partial charge in [-0.15, -0.1) is 0 Å². The van der Waals surface area contributed by atoms with E-state index in [1.807, 2.05) is 6.07 Å². The number of unbranched alkanes of at least 4 members (excludes halogenated alkanes) is 1. The SMILES string of the molecule is BC(B)(CCCC)c1cc(O)c2c(c1)OC(C)(C)C1CCC(C)=CC21. The summed E-state index contributed by atoms with van der Waals surface area (Å²) in [5.74, 6) is 1.99. The van der Waals surface area contributed by atoms with E-state index >= 15 is 0 Å². The molecule has 134 valence electrons. The quantitative estimate of drug-likeness (QED) is 0.671. The first-order chi connectivity index (χ1) is 11.7. The van der Waals surface area contributed by atoms with Gasteiger partial charge in [0.05, 0.1) is 0 Å². The maximum atomic E-state index is 10.9. The molecule has 2 nitrogen and oxygen atoms in total. The monoisotopic (exact) mass is 338 g/mol. The lowest BCUT2D eigenvalue weighted by atomic mass is 9.49. The molecule has 0 spiro atoms. The lowest BCUT2D eigenvalue weighted by Gasteiger charge is -2.46. The molecule has 2 atom stereocenters. The van der Waals surface area contributed by atoms with E-state index in [1.165, 1.54) is 24.0 Å². The maximum absolute atomic E-state index is 10.9. The maximum Gasteiger partial charge on any atom is 0.127 e. The first-order valence-electron chi connectivity index (χ1n) is 9.89. The topological polar surface area (TPSA) is 29.5 Å². The van der Waals surface area contributed by atoms with Crippen molar-refractivity contribution in [2.24, 2.45) is 5.92 Å². The fourth-order valence-electron chi connectivity index (χ4n) is 4.68. The molecule has 0 saturated carbocycles. The summed E-state index contributed by atoms with van der Waals surface area (Å²) in [5.41, 5.74) is 3.41. The fraction of sp³-hybridized carbons (Fsp3) is 0.619. The molecule has 1 aliphatic heterocycles. The summed E-state index contributed by atoms with van der Waals surface area (Å²) < 4.78 is 6.46. The number of aromatic hydroxyl groups is 1. The molecule has 2 aliphatic rings. The van der Waals surface area contributed by atoms with Gasteiger partial charge in [-0.2, -0.15) is 0 Å². The molecule has 1 N–H and O–H groups in total. The van der Waals surface area contributed by atoms with Gasteiger partial charge in [-0.05, 0) is 45.7 Å². The molecule has 0 amide bonds. The van der Waals surface area contributed by atoms with Crippen LogP contribution < -0.4 is 4.74 Å². The highest BCUT2D eigenvalue weighted by molar-refractivity contribution is 6.40. The smallest absolute Gasteiger partial charge is 0.127 e. The molecule has 2 unspecified atom stereocenters. The van der Waals surface area contributed by atoms with Crippen LogP contribution in [0.2, 0.25) is 0 Å². The van der Waals surface area contributed by atoms with Gasteiger partial charge in [-0.3, -0.25) is 0 Å². The summed E-state index contributed by atoms with van der Waals surface area (Å²) in [6.45, 7) is 8.84. The van der Waals surface area contributed by atoms with Crippen LogP contribution in [0, 0.1) is 5.92 Å². The van der Waals surface area contributed by atoms with E-state index < -0.39 is 0 Å². The summed E-state index contributed by atoms with van der Waals surface area (Å²) in [4.78, 5) is 0. The molecule has 1 heterocycles. The Balaban J connectivity index is 2.08. The van der Waals surface area contributed by atoms with E-state index in [4.69, 9.17) is 4.74 Å². The summed E-state index contributed by atoms with van der Waals surface area (Å²) in [5, 5.41) is 11.0. The van der Waals surface area contributed by atoms with Crippen molar-refractivity contribution in [1.82, 2.24) is 0 Å². The van der Waals surface area contributed by atoms with Gasteiger partial charge < -0.3 is 9.84 Å². The predicted molar refractivity (Wildman–Crippen MR) is 110 cm³/mol. The zero-order valence-electron chi connectivity index (χ0n) is 16.8. The van der Waals surface area contributed by atoms with Gasteiger partial charge in [0, 0.05) is 17.4 Å². The molecule has 4 heteroatoms. The molecule has 0 saturated heterocycles. The number of phenolic OH excluding ortho intramolecular Hbond substituents is 1. The van der Waals surface area contributed by atoms with Gasteiger partial charge in [-0.1, -0.05) is 48.6 Å². The van der Waals surface area contributed by atoms with Crippen LogP contribution in [0.3, 0.4) is 0 Å². The zero-order chi connectivity index (χ0) is 18.4. The average Bonchev–Trinajstić information content (AvgIpc) is 2.51. The number of ether oxygens (including phenoxy) is 1. The van der Waals surface area contributed by atoms with Gasteiger partial charge in [0.1, 0.15) is 32.8 Å². The van der Waals surface area contributed by atoms with Crippen LogP contribution in [0.15, 0.2) is 23.8 Å². The summed E-state index contributed by atoms with van der Waals surface area (Å²) in [6, 6.07) is 4.19. The molecule has 1 aromatic carbocycles. The minimum absolute atomic E-state index is 0.0468. The first-order valence-corrected chi connectivity index (χ1v) is 9.89. The van der Waals surface area contributed by atoms with Crippen LogP contribution in [0.1, 0.15) is 76.8 Å². The number of fused-ring (bicyclic) bond motifs is 3. The Morgan fingerprint density at radius 3 is 2.72 bits per heavy atom. The number of allylic oxidation sites excluding steroid dienone is 2. The van der Waals surface area contributed by atoms with E-state index in [0.29, 0.717) is 11.7 Å². The normalized spacial score (nSPS) is 24.7. The largest absolute Gasteiger partial charge is 0.507 e. The van der Waals surface area contributed by atoms with Crippen molar-refractivity contribution in [3.05, 3.63) is 34.9 Å². The Morgan fingerprint density at radius 2 is 2.04 bits per heavy atom. The summed E-state index contributed by atoms with van der Waals surface area (Å²) in [7, 11) is 4.54. The lowest BCUT2D eigenvalue weighted by Crippen LogP contribution is -2.45. The number of benzene rings is 1. The number of hydrogen-bond donors (Lipinski definition) is 1. The minimum Gasteiger partial charge on any atom is -0.507 e. The average molecular weight is 338 g/mol. The van der Waals surface area contributed by atoms with Gasteiger partial charge in [0.25, 0.3) is 0 Å². The molecule has 1 aromatic rings. The minimum atomic E-state index is -0.201. The van der Waals surface area contributed by atoms with Crippen LogP contribution in [0.25, 0.3) is 0 Å². The van der Waals surface area contributed by atoms with E-state index in [2.05, 4.69) is 55.5 Å². The van der Waals surface area contributed by atoms with Gasteiger partial charge in [0.2, 0.25) is 0 Å². The van der Waals surface area contributed by atoms with Crippen LogP contribution in [-0.2, 0) is 5.21 Å². The summed E-state index contributed by atoms with van der Waals surface area (Å²) >= 11 is 0. The van der Waals surface area contributed by atoms with Crippen molar-refractivity contribution >= 4 is 15.7 Å². The van der Waals surface area contributed by atoms with Crippen molar-refractivity contribution in [3.8, 4) is 11.5 Å². The van der Waals surface area contributed by atoms with E-state index in [9.17, 15) is 5.11 Å². The van der Waals surface area contributed by atoms with Crippen molar-refractivity contribution in [2.75, 3.05) is 0 Å². The van der Waals surface area contributed by atoms with E-state index in [0.717, 1.165) is 30.6 Å². The molecule has 0 fully saturated rings. The van der Waals surface area contributed by atoms with Crippen LogP contribution in [0.4, 0.5) is 0 Å². The lowest BCUT2D eigenvalue weighted by molar-refractivity contribution is 0.0107. The van der Waals surface area contributed by atoms with Crippen molar-refractivity contribution < 1.29 is 9.84 Å². The third kappa shape index (κ3) is 3.37. The molecule has 1 aliphatic carbocycles. The highest BCUT2D eigenvalue weighted by atomic mass is 16.5. The first kappa shape index (κ1) is 18.5. The van der Waals surface area contributed by atoms with Gasteiger partial charge in [-0.25, -0.2) is 0 Å². The Bertz CT molecular complexity index is 691. The number of phenols is 1. The molecular weight excluding hydrogens is 306 g/mol. The summed E-state index contributed by atoms with van der Waals surface area (Å²) in [6.07, 6.45) is 8.13. The highest BCUT2D eigenvalue weighted by Crippen LogP contribution is 2.53. The third-order valence-corrected chi connectivity index (χ3v) is 6.40. The molecule has 0 aromatic heterocycles. The Labute approximate surface area is 154 Å². The fourth-order valence-corrected chi connectivity index (χ4v) is 4.68. The molecule has 0 bridgehead atoms. The Kier molecular flexibility index (Phi) is 4.77. The van der Waals surface area contributed by atoms with Crippen molar-refractivity contribution in [1.29, 1.82) is 0 Å². The third-order valence-electron chi connectivity index (χ3n) is 6.40. The molecule has 25 heavy (non-hydrogen) atoms. The molecular formula is C21H32B2O2. The highest BCUT2D eigenvalue weighted by Gasteiger charge is 2.45. The van der Waals surface area contributed by atoms with Crippen molar-refractivity contribution in [2.45, 2.75) is 76.5 Å². The predicted octanol–water partition coefficient (Wildman–Crippen LogP) is 3.61.